The number of carbonyl (C=O) groups excluding carboxylic acids is 1. The summed E-state index contributed by atoms with van der Waals surface area (Å²) in [6.07, 6.45) is 0. The second-order valence-electron chi connectivity index (χ2n) is 5.89. The Morgan fingerprint density at radius 3 is 2.56 bits per heavy atom. The Morgan fingerprint density at radius 1 is 1.20 bits per heavy atom. The summed E-state index contributed by atoms with van der Waals surface area (Å²) in [6, 6.07) is 9.83. The topological polar surface area (TPSA) is 54.9 Å². The smallest absolute Gasteiger partial charge is 0.273 e. The van der Waals surface area contributed by atoms with Crippen LogP contribution in [0, 0.1) is 6.92 Å². The van der Waals surface area contributed by atoms with Crippen molar-refractivity contribution >= 4 is 17.2 Å². The van der Waals surface area contributed by atoms with Crippen LogP contribution in [0.2, 0.25) is 0 Å². The number of carbonyl (C=O) groups is 1. The van der Waals surface area contributed by atoms with Gasteiger partial charge in [-0.2, -0.15) is 0 Å². The van der Waals surface area contributed by atoms with Gasteiger partial charge in [-0.3, -0.25) is 9.69 Å². The molecule has 0 saturated carbocycles. The number of hydrogen-bond acceptors (Lipinski definition) is 6. The van der Waals surface area contributed by atoms with Crippen molar-refractivity contribution in [2.24, 2.45) is 0 Å². The molecule has 1 aliphatic rings. The van der Waals surface area contributed by atoms with E-state index in [4.69, 9.17) is 9.47 Å². The fourth-order valence-electron chi connectivity index (χ4n) is 2.78. The largest absolute Gasteiger partial charge is 0.492 e. The van der Waals surface area contributed by atoms with Crippen LogP contribution in [0.5, 0.6) is 10.9 Å². The Kier molecular flexibility index (Phi) is 5.88. The van der Waals surface area contributed by atoms with E-state index in [1.807, 2.05) is 42.2 Å². The zero-order valence-electron chi connectivity index (χ0n) is 14.6. The third kappa shape index (κ3) is 4.49. The van der Waals surface area contributed by atoms with E-state index in [-0.39, 0.29) is 5.91 Å². The third-order valence-electron chi connectivity index (χ3n) is 4.22. The van der Waals surface area contributed by atoms with Gasteiger partial charge in [0.25, 0.3) is 11.1 Å². The van der Waals surface area contributed by atoms with Crippen LogP contribution in [0.1, 0.15) is 15.4 Å². The molecule has 1 saturated heterocycles. The molecule has 1 aromatic carbocycles. The molecule has 1 fully saturated rings. The van der Waals surface area contributed by atoms with Crippen LogP contribution in [0.25, 0.3) is 0 Å². The number of nitrogens with zero attached hydrogens (tertiary/aromatic N) is 3. The molecule has 6 nitrogen and oxygen atoms in total. The van der Waals surface area contributed by atoms with Crippen molar-refractivity contribution in [1.82, 2.24) is 14.8 Å². The summed E-state index contributed by atoms with van der Waals surface area (Å²) in [5.41, 5.74) is 0.741. The number of aromatic nitrogens is 1. The predicted octanol–water partition coefficient (Wildman–Crippen LogP) is 2.30. The van der Waals surface area contributed by atoms with Crippen LogP contribution in [0.15, 0.2) is 30.3 Å². The molecule has 0 bridgehead atoms. The molecule has 1 aromatic heterocycles. The maximum Gasteiger partial charge on any atom is 0.273 e. The van der Waals surface area contributed by atoms with Gasteiger partial charge in [-0.1, -0.05) is 29.5 Å². The number of rotatable bonds is 6. The van der Waals surface area contributed by atoms with Crippen LogP contribution in [0.3, 0.4) is 0 Å². The Labute approximate surface area is 152 Å². The maximum atomic E-state index is 12.7. The molecule has 0 atom stereocenters. The molecule has 25 heavy (non-hydrogen) atoms. The number of benzene rings is 1. The molecule has 0 N–H and O–H groups in total. The normalized spacial score (nSPS) is 15.2. The van der Waals surface area contributed by atoms with Crippen molar-refractivity contribution in [3.8, 4) is 10.9 Å². The molecule has 0 spiro atoms. The Bertz CT molecular complexity index is 697. The van der Waals surface area contributed by atoms with E-state index >= 15 is 0 Å². The number of ether oxygens (including phenoxy) is 2. The van der Waals surface area contributed by atoms with E-state index in [9.17, 15) is 4.79 Å². The van der Waals surface area contributed by atoms with Crippen molar-refractivity contribution in [2.45, 2.75) is 6.92 Å². The van der Waals surface area contributed by atoms with Gasteiger partial charge in [0.15, 0.2) is 0 Å². The Balaban J connectivity index is 1.45. The minimum Gasteiger partial charge on any atom is -0.492 e. The first-order valence-electron chi connectivity index (χ1n) is 8.38. The van der Waals surface area contributed by atoms with E-state index in [0.29, 0.717) is 16.7 Å². The number of para-hydroxylation sites is 1. The lowest BCUT2D eigenvalue weighted by Crippen LogP contribution is -2.49. The van der Waals surface area contributed by atoms with Gasteiger partial charge in [-0.05, 0) is 19.1 Å². The molecule has 134 valence electrons. The van der Waals surface area contributed by atoms with Gasteiger partial charge < -0.3 is 14.4 Å². The Morgan fingerprint density at radius 2 is 1.92 bits per heavy atom. The highest BCUT2D eigenvalue weighted by Crippen LogP contribution is 2.25. The predicted molar refractivity (Wildman–Crippen MR) is 97.7 cm³/mol. The average Bonchev–Trinajstić information content (AvgIpc) is 3.03. The van der Waals surface area contributed by atoms with E-state index in [2.05, 4.69) is 9.88 Å². The third-order valence-corrected chi connectivity index (χ3v) is 5.33. The van der Waals surface area contributed by atoms with Crippen LogP contribution in [0.4, 0.5) is 0 Å². The van der Waals surface area contributed by atoms with Gasteiger partial charge in [-0.25, -0.2) is 4.98 Å². The lowest BCUT2D eigenvalue weighted by atomic mass is 10.2. The molecule has 2 heterocycles. The molecule has 0 aliphatic carbocycles. The van der Waals surface area contributed by atoms with Gasteiger partial charge in [0.05, 0.1) is 12.8 Å². The SMILES string of the molecule is COc1nc(C)c(C(=O)N2CCN(CCOc3ccccc3)CC2)s1. The molecule has 3 rings (SSSR count). The summed E-state index contributed by atoms with van der Waals surface area (Å²) in [7, 11) is 1.57. The zero-order valence-corrected chi connectivity index (χ0v) is 15.4. The number of aryl methyl sites for hydroxylation is 1. The van der Waals surface area contributed by atoms with E-state index < -0.39 is 0 Å². The first-order valence-corrected chi connectivity index (χ1v) is 9.20. The first kappa shape index (κ1) is 17.7. The quantitative estimate of drug-likeness (QED) is 0.790. The summed E-state index contributed by atoms with van der Waals surface area (Å²) in [4.78, 5) is 21.8. The zero-order chi connectivity index (χ0) is 17.6. The lowest BCUT2D eigenvalue weighted by Gasteiger charge is -2.34. The maximum absolute atomic E-state index is 12.7. The molecule has 1 aliphatic heterocycles. The lowest BCUT2D eigenvalue weighted by molar-refractivity contribution is 0.0624. The molecule has 0 radical (unpaired) electrons. The molecular weight excluding hydrogens is 338 g/mol. The van der Waals surface area contributed by atoms with Gasteiger partial charge in [-0.15, -0.1) is 0 Å². The van der Waals surface area contributed by atoms with Gasteiger partial charge >= 0.3 is 0 Å². The minimum absolute atomic E-state index is 0.0542. The average molecular weight is 361 g/mol. The molecular formula is C18H23N3O3S. The molecule has 0 unspecified atom stereocenters. The first-order chi connectivity index (χ1) is 12.2. The fraction of sp³-hybridized carbons (Fsp3) is 0.444. The molecule has 2 aromatic rings. The summed E-state index contributed by atoms with van der Waals surface area (Å²) in [6.45, 7) is 6.54. The highest BCUT2D eigenvalue weighted by Gasteiger charge is 2.25. The van der Waals surface area contributed by atoms with Gasteiger partial charge in [0.1, 0.15) is 17.2 Å². The minimum atomic E-state index is 0.0542. The molecule has 7 heteroatoms. The second kappa shape index (κ2) is 8.31. The summed E-state index contributed by atoms with van der Waals surface area (Å²) in [5, 5.41) is 0.539. The highest BCUT2D eigenvalue weighted by molar-refractivity contribution is 7.15. The summed E-state index contributed by atoms with van der Waals surface area (Å²) in [5.74, 6) is 0.949. The van der Waals surface area contributed by atoms with Crippen LogP contribution >= 0.6 is 11.3 Å². The number of piperazine rings is 1. The highest BCUT2D eigenvalue weighted by atomic mass is 32.1. The van der Waals surface area contributed by atoms with Crippen molar-refractivity contribution in [2.75, 3.05) is 46.4 Å². The van der Waals surface area contributed by atoms with Crippen molar-refractivity contribution in [3.05, 3.63) is 40.9 Å². The number of amides is 1. The van der Waals surface area contributed by atoms with Gasteiger partial charge in [0.2, 0.25) is 0 Å². The molecule has 1 amide bonds. The van der Waals surface area contributed by atoms with Crippen LogP contribution < -0.4 is 9.47 Å². The number of thiazole rings is 1. The fourth-order valence-corrected chi connectivity index (χ4v) is 3.64. The van der Waals surface area contributed by atoms with Gasteiger partial charge in [0, 0.05) is 32.7 Å². The van der Waals surface area contributed by atoms with Crippen molar-refractivity contribution in [1.29, 1.82) is 0 Å². The summed E-state index contributed by atoms with van der Waals surface area (Å²) < 4.78 is 10.9. The Hall–Kier alpha value is -2.12. The summed E-state index contributed by atoms with van der Waals surface area (Å²) >= 11 is 1.32. The monoisotopic (exact) mass is 361 g/mol. The van der Waals surface area contributed by atoms with E-state index in [0.717, 1.165) is 44.2 Å². The standard InChI is InChI=1S/C18H23N3O3S/c1-14-16(25-18(19-14)23-2)17(22)21-10-8-20(9-11-21)12-13-24-15-6-4-3-5-7-15/h3-7H,8-13H2,1-2H3. The van der Waals surface area contributed by atoms with Crippen LogP contribution in [-0.4, -0.2) is 67.1 Å². The number of methoxy groups -OCH3 is 1. The number of hydrogen-bond donors (Lipinski definition) is 0. The van der Waals surface area contributed by atoms with Crippen molar-refractivity contribution < 1.29 is 14.3 Å². The van der Waals surface area contributed by atoms with E-state index in [1.165, 1.54) is 11.3 Å². The second-order valence-corrected chi connectivity index (χ2v) is 6.86. The van der Waals surface area contributed by atoms with E-state index in [1.54, 1.807) is 7.11 Å². The van der Waals surface area contributed by atoms with Crippen LogP contribution in [-0.2, 0) is 0 Å². The van der Waals surface area contributed by atoms with Crippen molar-refractivity contribution in [3.63, 3.8) is 0 Å².